The van der Waals surface area contributed by atoms with Crippen molar-refractivity contribution in [2.75, 3.05) is 0 Å². The van der Waals surface area contributed by atoms with E-state index in [0.717, 1.165) is 26.9 Å². The summed E-state index contributed by atoms with van der Waals surface area (Å²) in [4.78, 5) is 17.6. The van der Waals surface area contributed by atoms with Gasteiger partial charge in [0.1, 0.15) is 4.32 Å². The lowest BCUT2D eigenvalue weighted by molar-refractivity contribution is -0.124. The zero-order valence-electron chi connectivity index (χ0n) is 11.4. The fourth-order valence-corrected chi connectivity index (χ4v) is 5.08. The summed E-state index contributed by atoms with van der Waals surface area (Å²) in [5, 5.41) is 0. The van der Waals surface area contributed by atoms with Crippen molar-refractivity contribution in [3.8, 4) is 0 Å². The van der Waals surface area contributed by atoms with E-state index in [0.29, 0.717) is 6.04 Å². The van der Waals surface area contributed by atoms with Gasteiger partial charge in [-0.3, -0.25) is 9.69 Å². The summed E-state index contributed by atoms with van der Waals surface area (Å²) in [5.41, 5.74) is 0. The number of thiocarbonyl (C=S) groups is 1. The topological polar surface area (TPSA) is 20.3 Å². The molecule has 1 saturated heterocycles. The molecule has 20 heavy (non-hydrogen) atoms. The Labute approximate surface area is 133 Å². The van der Waals surface area contributed by atoms with Crippen molar-refractivity contribution < 1.29 is 4.79 Å². The van der Waals surface area contributed by atoms with Crippen molar-refractivity contribution in [1.82, 2.24) is 4.90 Å². The van der Waals surface area contributed by atoms with Crippen molar-refractivity contribution in [2.24, 2.45) is 0 Å². The van der Waals surface area contributed by atoms with Crippen LogP contribution in [0.3, 0.4) is 0 Å². The zero-order chi connectivity index (χ0) is 14.1. The first kappa shape index (κ1) is 14.3. The van der Waals surface area contributed by atoms with Crippen molar-refractivity contribution in [3.05, 3.63) is 26.8 Å². The molecule has 0 spiro atoms. The molecule has 0 radical (unpaired) electrons. The third kappa shape index (κ3) is 2.85. The number of rotatable bonds is 2. The Bertz CT molecular complexity index is 569. The molecule has 2 fully saturated rings. The molecule has 1 aromatic rings. The van der Waals surface area contributed by atoms with Crippen molar-refractivity contribution in [1.29, 1.82) is 0 Å². The number of hydrogen-bond donors (Lipinski definition) is 0. The number of carbonyl (C=O) groups is 1. The maximum atomic E-state index is 12.6. The molecule has 5 heteroatoms. The molecule has 2 aliphatic rings. The summed E-state index contributed by atoms with van der Waals surface area (Å²) in [6.07, 6.45) is 7.89. The van der Waals surface area contributed by atoms with Crippen LogP contribution < -0.4 is 0 Å². The molecule has 1 aliphatic carbocycles. The van der Waals surface area contributed by atoms with Crippen LogP contribution in [0.25, 0.3) is 6.08 Å². The van der Waals surface area contributed by atoms with Crippen LogP contribution in [0.4, 0.5) is 0 Å². The van der Waals surface area contributed by atoms with Gasteiger partial charge >= 0.3 is 0 Å². The first-order valence-corrected chi connectivity index (χ1v) is 9.03. The first-order valence-electron chi connectivity index (χ1n) is 6.98. The van der Waals surface area contributed by atoms with Crippen LogP contribution in [-0.4, -0.2) is 21.2 Å². The largest absolute Gasteiger partial charge is 0.290 e. The third-order valence-electron chi connectivity index (χ3n) is 3.80. The number of thiophene rings is 1. The van der Waals surface area contributed by atoms with Crippen molar-refractivity contribution in [2.45, 2.75) is 45.1 Å². The maximum Gasteiger partial charge on any atom is 0.266 e. The Hall–Kier alpha value is -0.650. The SMILES string of the molecule is Cc1ccc(C=C2SC(=S)N(C3CCCCC3)C2=O)s1. The highest BCUT2D eigenvalue weighted by Gasteiger charge is 2.37. The number of aryl methyl sites for hydroxylation is 1. The van der Waals surface area contributed by atoms with Crippen molar-refractivity contribution in [3.63, 3.8) is 0 Å². The third-order valence-corrected chi connectivity index (χ3v) is 6.08. The minimum absolute atomic E-state index is 0.109. The van der Waals surface area contributed by atoms with Gasteiger partial charge in [0, 0.05) is 15.8 Å². The second kappa shape index (κ2) is 6.00. The highest BCUT2D eigenvalue weighted by Crippen LogP contribution is 2.37. The Morgan fingerprint density at radius 3 is 2.70 bits per heavy atom. The number of carbonyl (C=O) groups excluding carboxylic acids is 1. The Balaban J connectivity index is 1.81. The van der Waals surface area contributed by atoms with Gasteiger partial charge in [-0.2, -0.15) is 0 Å². The number of hydrogen-bond acceptors (Lipinski definition) is 4. The van der Waals surface area contributed by atoms with Crippen LogP contribution in [-0.2, 0) is 4.79 Å². The Kier molecular flexibility index (Phi) is 4.29. The molecular weight excluding hydrogens is 306 g/mol. The van der Waals surface area contributed by atoms with Crippen LogP contribution in [0, 0.1) is 6.92 Å². The van der Waals surface area contributed by atoms with E-state index in [4.69, 9.17) is 12.2 Å². The summed E-state index contributed by atoms with van der Waals surface area (Å²) < 4.78 is 0.737. The average Bonchev–Trinajstić information content (AvgIpc) is 2.96. The Morgan fingerprint density at radius 2 is 2.05 bits per heavy atom. The lowest BCUT2D eigenvalue weighted by Crippen LogP contribution is -2.39. The van der Waals surface area contributed by atoms with Gasteiger partial charge in [0.05, 0.1) is 4.91 Å². The minimum Gasteiger partial charge on any atom is -0.290 e. The molecule has 3 rings (SSSR count). The van der Waals surface area contributed by atoms with Gasteiger partial charge in [-0.05, 0) is 38.0 Å². The molecular formula is C15H17NOS3. The molecule has 2 heterocycles. The molecule has 0 unspecified atom stereocenters. The van der Waals surface area contributed by atoms with Crippen LogP contribution in [0.2, 0.25) is 0 Å². The second-order valence-electron chi connectivity index (χ2n) is 5.29. The molecule has 0 N–H and O–H groups in total. The second-order valence-corrected chi connectivity index (χ2v) is 8.29. The van der Waals surface area contributed by atoms with Gasteiger partial charge < -0.3 is 0 Å². The van der Waals surface area contributed by atoms with Gasteiger partial charge in [-0.1, -0.05) is 43.2 Å². The van der Waals surface area contributed by atoms with E-state index in [1.807, 2.05) is 11.0 Å². The van der Waals surface area contributed by atoms with E-state index in [2.05, 4.69) is 19.1 Å². The maximum absolute atomic E-state index is 12.6. The molecule has 0 aromatic carbocycles. The highest BCUT2D eigenvalue weighted by atomic mass is 32.2. The number of thioether (sulfide) groups is 1. The van der Waals surface area contributed by atoms with E-state index in [1.54, 1.807) is 11.3 Å². The normalized spacial score (nSPS) is 23.1. The number of amides is 1. The summed E-state index contributed by atoms with van der Waals surface area (Å²) in [5.74, 6) is 0.109. The van der Waals surface area contributed by atoms with Gasteiger partial charge in [0.15, 0.2) is 0 Å². The summed E-state index contributed by atoms with van der Waals surface area (Å²) in [7, 11) is 0. The van der Waals surface area contributed by atoms with E-state index < -0.39 is 0 Å². The standard InChI is InChI=1S/C15H17NOS3/c1-10-7-8-12(19-10)9-13-14(17)16(15(18)20-13)11-5-3-2-4-6-11/h7-9,11H,2-6H2,1H3. The van der Waals surface area contributed by atoms with Gasteiger partial charge in [-0.25, -0.2) is 0 Å². The van der Waals surface area contributed by atoms with Crippen LogP contribution in [0.1, 0.15) is 41.9 Å². The van der Waals surface area contributed by atoms with E-state index >= 15 is 0 Å². The summed E-state index contributed by atoms with van der Waals surface area (Å²) in [6.45, 7) is 2.08. The predicted molar refractivity (Wildman–Crippen MR) is 90.9 cm³/mol. The van der Waals surface area contributed by atoms with Crippen LogP contribution in [0.5, 0.6) is 0 Å². The van der Waals surface area contributed by atoms with Crippen LogP contribution in [0.15, 0.2) is 17.0 Å². The molecule has 1 saturated carbocycles. The highest BCUT2D eigenvalue weighted by molar-refractivity contribution is 8.26. The van der Waals surface area contributed by atoms with Gasteiger partial charge in [0.2, 0.25) is 0 Å². The molecule has 2 nitrogen and oxygen atoms in total. The van der Waals surface area contributed by atoms with E-state index in [9.17, 15) is 4.79 Å². The Morgan fingerprint density at radius 1 is 1.30 bits per heavy atom. The molecule has 1 aliphatic heterocycles. The van der Waals surface area contributed by atoms with E-state index in [-0.39, 0.29) is 5.91 Å². The smallest absolute Gasteiger partial charge is 0.266 e. The molecule has 0 bridgehead atoms. The fraction of sp³-hybridized carbons (Fsp3) is 0.467. The first-order chi connectivity index (χ1) is 9.65. The van der Waals surface area contributed by atoms with Crippen molar-refractivity contribution >= 4 is 51.6 Å². The van der Waals surface area contributed by atoms with Crippen LogP contribution >= 0.6 is 35.3 Å². The average molecular weight is 324 g/mol. The lowest BCUT2D eigenvalue weighted by atomic mass is 9.94. The molecule has 106 valence electrons. The molecule has 1 amide bonds. The monoisotopic (exact) mass is 323 g/mol. The quantitative estimate of drug-likeness (QED) is 0.586. The zero-order valence-corrected chi connectivity index (χ0v) is 13.9. The molecule has 0 atom stereocenters. The summed E-state index contributed by atoms with van der Waals surface area (Å²) in [6, 6.07) is 4.47. The van der Waals surface area contributed by atoms with E-state index in [1.165, 1.54) is 35.9 Å². The lowest BCUT2D eigenvalue weighted by Gasteiger charge is -2.29. The predicted octanol–water partition coefficient (Wildman–Crippen LogP) is 4.59. The fourth-order valence-electron chi connectivity index (χ4n) is 2.79. The molecule has 1 aromatic heterocycles. The number of nitrogens with zero attached hydrogens (tertiary/aromatic N) is 1. The van der Waals surface area contributed by atoms with Gasteiger partial charge in [-0.15, -0.1) is 11.3 Å². The minimum atomic E-state index is 0.109. The van der Waals surface area contributed by atoms with Gasteiger partial charge in [0.25, 0.3) is 5.91 Å². The summed E-state index contributed by atoms with van der Waals surface area (Å²) >= 11 is 8.59.